The zero-order valence-corrected chi connectivity index (χ0v) is 16.5. The summed E-state index contributed by atoms with van der Waals surface area (Å²) in [4.78, 5) is 29.7. The highest BCUT2D eigenvalue weighted by Crippen LogP contribution is 2.19. The fourth-order valence-corrected chi connectivity index (χ4v) is 3.38. The number of piperazine rings is 1. The van der Waals surface area contributed by atoms with Gasteiger partial charge >= 0.3 is 0 Å². The third-order valence-corrected chi connectivity index (χ3v) is 5.01. The van der Waals surface area contributed by atoms with E-state index >= 15 is 0 Å². The van der Waals surface area contributed by atoms with Crippen LogP contribution in [0.25, 0.3) is 0 Å². The molecule has 0 atom stereocenters. The number of carbonyl (C=O) groups excluding carboxylic acids is 1. The normalized spacial score (nSPS) is 14.0. The Bertz CT molecular complexity index is 953. The van der Waals surface area contributed by atoms with E-state index in [1.807, 2.05) is 12.1 Å². The van der Waals surface area contributed by atoms with Gasteiger partial charge in [0.1, 0.15) is 0 Å². The Kier molecular flexibility index (Phi) is 5.65. The first-order valence-electron chi connectivity index (χ1n) is 9.75. The van der Waals surface area contributed by atoms with Crippen LogP contribution in [0.15, 0.2) is 61.2 Å². The standard InChI is InChI=1S/C22H24N6O/c1-17-4-2-6-20(12-17)27-8-10-28(11-9-27)22-25-15-19(16-26-22)21(29)24-14-18-5-3-7-23-13-18/h2-7,12-13,15-16H,8-11,14H2,1H3,(H,24,29). The van der Waals surface area contributed by atoms with Gasteiger partial charge < -0.3 is 15.1 Å². The van der Waals surface area contributed by atoms with Crippen LogP contribution in [0, 0.1) is 6.92 Å². The molecule has 0 radical (unpaired) electrons. The van der Waals surface area contributed by atoms with Crippen molar-refractivity contribution < 1.29 is 4.79 Å². The monoisotopic (exact) mass is 388 g/mol. The zero-order chi connectivity index (χ0) is 20.1. The van der Waals surface area contributed by atoms with Crippen molar-refractivity contribution in [2.75, 3.05) is 36.0 Å². The van der Waals surface area contributed by atoms with Crippen LogP contribution in [0.1, 0.15) is 21.5 Å². The lowest BCUT2D eigenvalue weighted by Gasteiger charge is -2.36. The van der Waals surface area contributed by atoms with Crippen molar-refractivity contribution in [3.63, 3.8) is 0 Å². The Labute approximate surface area is 170 Å². The maximum atomic E-state index is 12.3. The van der Waals surface area contributed by atoms with E-state index in [1.54, 1.807) is 24.8 Å². The minimum absolute atomic E-state index is 0.190. The third-order valence-electron chi connectivity index (χ3n) is 5.01. The maximum absolute atomic E-state index is 12.3. The van der Waals surface area contributed by atoms with Gasteiger partial charge in [0.2, 0.25) is 5.95 Å². The molecule has 1 aromatic carbocycles. The first-order valence-corrected chi connectivity index (χ1v) is 9.75. The molecule has 29 heavy (non-hydrogen) atoms. The quantitative estimate of drug-likeness (QED) is 0.724. The Morgan fingerprint density at radius 3 is 2.45 bits per heavy atom. The molecule has 1 aliphatic rings. The Morgan fingerprint density at radius 1 is 1.00 bits per heavy atom. The van der Waals surface area contributed by atoms with E-state index < -0.39 is 0 Å². The van der Waals surface area contributed by atoms with Crippen LogP contribution in [0.3, 0.4) is 0 Å². The minimum atomic E-state index is -0.190. The van der Waals surface area contributed by atoms with Gasteiger partial charge in [0, 0.05) is 63.2 Å². The highest BCUT2D eigenvalue weighted by Gasteiger charge is 2.19. The van der Waals surface area contributed by atoms with E-state index in [2.05, 4.69) is 61.3 Å². The number of aryl methyl sites for hydroxylation is 1. The van der Waals surface area contributed by atoms with Crippen LogP contribution in [-0.2, 0) is 6.54 Å². The van der Waals surface area contributed by atoms with Gasteiger partial charge in [-0.2, -0.15) is 0 Å². The summed E-state index contributed by atoms with van der Waals surface area (Å²) in [5.74, 6) is 0.474. The summed E-state index contributed by atoms with van der Waals surface area (Å²) in [5, 5.41) is 2.86. The lowest BCUT2D eigenvalue weighted by atomic mass is 10.2. The number of anilines is 2. The summed E-state index contributed by atoms with van der Waals surface area (Å²) in [5.41, 5.74) is 3.93. The molecule has 3 heterocycles. The van der Waals surface area contributed by atoms with Crippen molar-refractivity contribution in [1.82, 2.24) is 20.3 Å². The van der Waals surface area contributed by atoms with Gasteiger partial charge in [-0.1, -0.05) is 18.2 Å². The topological polar surface area (TPSA) is 74.2 Å². The molecule has 2 aromatic heterocycles. The lowest BCUT2D eigenvalue weighted by Crippen LogP contribution is -2.47. The zero-order valence-electron chi connectivity index (χ0n) is 16.5. The fourth-order valence-electron chi connectivity index (χ4n) is 3.38. The van der Waals surface area contributed by atoms with Crippen LogP contribution in [0.2, 0.25) is 0 Å². The van der Waals surface area contributed by atoms with E-state index in [1.165, 1.54) is 11.3 Å². The van der Waals surface area contributed by atoms with Gasteiger partial charge in [0.05, 0.1) is 5.56 Å². The predicted octanol–water partition coefficient (Wildman–Crippen LogP) is 2.44. The molecule has 1 fully saturated rings. The number of nitrogens with zero attached hydrogens (tertiary/aromatic N) is 5. The van der Waals surface area contributed by atoms with Gasteiger partial charge in [-0.25, -0.2) is 9.97 Å². The van der Waals surface area contributed by atoms with Crippen LogP contribution in [-0.4, -0.2) is 47.0 Å². The van der Waals surface area contributed by atoms with Crippen LogP contribution < -0.4 is 15.1 Å². The second-order valence-electron chi connectivity index (χ2n) is 7.13. The van der Waals surface area contributed by atoms with E-state index in [0.29, 0.717) is 18.1 Å². The molecule has 4 rings (SSSR count). The van der Waals surface area contributed by atoms with Crippen LogP contribution in [0.4, 0.5) is 11.6 Å². The Hall–Kier alpha value is -3.48. The average molecular weight is 388 g/mol. The summed E-state index contributed by atoms with van der Waals surface area (Å²) >= 11 is 0. The van der Waals surface area contributed by atoms with Crippen LogP contribution >= 0.6 is 0 Å². The first-order chi connectivity index (χ1) is 14.2. The molecular formula is C22H24N6O. The number of hydrogen-bond donors (Lipinski definition) is 1. The molecule has 148 valence electrons. The highest BCUT2D eigenvalue weighted by atomic mass is 16.1. The summed E-state index contributed by atoms with van der Waals surface area (Å²) in [6, 6.07) is 12.3. The molecule has 1 aliphatic heterocycles. The maximum Gasteiger partial charge on any atom is 0.254 e. The van der Waals surface area contributed by atoms with E-state index in [0.717, 1.165) is 31.7 Å². The molecule has 3 aromatic rings. The van der Waals surface area contributed by atoms with E-state index in [4.69, 9.17) is 0 Å². The molecule has 1 N–H and O–H groups in total. The second-order valence-corrected chi connectivity index (χ2v) is 7.13. The lowest BCUT2D eigenvalue weighted by molar-refractivity contribution is 0.0950. The van der Waals surface area contributed by atoms with Gasteiger partial charge in [0.15, 0.2) is 0 Å². The fraction of sp³-hybridized carbons (Fsp3) is 0.273. The molecule has 1 saturated heterocycles. The van der Waals surface area contributed by atoms with Crippen molar-refractivity contribution >= 4 is 17.5 Å². The average Bonchev–Trinajstić information content (AvgIpc) is 2.78. The molecule has 7 heteroatoms. The summed E-state index contributed by atoms with van der Waals surface area (Å²) in [6.45, 7) is 6.07. The van der Waals surface area contributed by atoms with E-state index in [9.17, 15) is 4.79 Å². The SMILES string of the molecule is Cc1cccc(N2CCN(c3ncc(C(=O)NCc4cccnc4)cn3)CC2)c1. The number of carbonyl (C=O) groups is 1. The molecule has 1 amide bonds. The molecule has 0 unspecified atom stereocenters. The molecule has 0 saturated carbocycles. The Morgan fingerprint density at radius 2 is 1.76 bits per heavy atom. The van der Waals surface area contributed by atoms with Crippen molar-refractivity contribution in [2.24, 2.45) is 0 Å². The number of benzene rings is 1. The number of hydrogen-bond acceptors (Lipinski definition) is 6. The first kappa shape index (κ1) is 18.9. The molecule has 7 nitrogen and oxygen atoms in total. The number of pyridine rings is 1. The van der Waals surface area contributed by atoms with Gasteiger partial charge in [-0.3, -0.25) is 9.78 Å². The summed E-state index contributed by atoms with van der Waals surface area (Å²) in [6.07, 6.45) is 6.62. The molecule has 0 bridgehead atoms. The number of amides is 1. The van der Waals surface area contributed by atoms with E-state index in [-0.39, 0.29) is 5.91 Å². The van der Waals surface area contributed by atoms with Gasteiger partial charge in [-0.15, -0.1) is 0 Å². The third kappa shape index (κ3) is 4.68. The summed E-state index contributed by atoms with van der Waals surface area (Å²) < 4.78 is 0. The summed E-state index contributed by atoms with van der Waals surface area (Å²) in [7, 11) is 0. The second kappa shape index (κ2) is 8.68. The molecule has 0 aliphatic carbocycles. The largest absolute Gasteiger partial charge is 0.368 e. The smallest absolute Gasteiger partial charge is 0.254 e. The van der Waals surface area contributed by atoms with Crippen molar-refractivity contribution in [3.05, 3.63) is 77.9 Å². The molecule has 0 spiro atoms. The van der Waals surface area contributed by atoms with Gasteiger partial charge in [0.25, 0.3) is 5.91 Å². The number of nitrogens with one attached hydrogen (secondary N) is 1. The van der Waals surface area contributed by atoms with Gasteiger partial charge in [-0.05, 0) is 36.2 Å². The van der Waals surface area contributed by atoms with Crippen molar-refractivity contribution in [3.8, 4) is 0 Å². The minimum Gasteiger partial charge on any atom is -0.368 e. The predicted molar refractivity (Wildman–Crippen MR) is 113 cm³/mol. The number of rotatable bonds is 5. The molecular weight excluding hydrogens is 364 g/mol. The van der Waals surface area contributed by atoms with Crippen molar-refractivity contribution in [2.45, 2.75) is 13.5 Å². The van der Waals surface area contributed by atoms with Crippen molar-refractivity contribution in [1.29, 1.82) is 0 Å². The van der Waals surface area contributed by atoms with Crippen LogP contribution in [0.5, 0.6) is 0 Å². The number of aromatic nitrogens is 3. The Balaban J connectivity index is 1.32. The highest BCUT2D eigenvalue weighted by molar-refractivity contribution is 5.93.